The highest BCUT2D eigenvalue weighted by molar-refractivity contribution is 7.89. The topological polar surface area (TPSA) is 92.8 Å². The maximum Gasteiger partial charge on any atom is 0.243 e. The minimum absolute atomic E-state index is 0.0163. The molecule has 0 aliphatic carbocycles. The van der Waals surface area contributed by atoms with E-state index < -0.39 is 25.9 Å². The van der Waals surface area contributed by atoms with Crippen molar-refractivity contribution in [2.24, 2.45) is 0 Å². The minimum atomic E-state index is -3.79. The molecule has 0 radical (unpaired) electrons. The molecule has 0 amide bonds. The van der Waals surface area contributed by atoms with Crippen molar-refractivity contribution in [2.45, 2.75) is 16.3 Å². The Hall–Kier alpha value is -1.85. The molecule has 146 valence electrons. The molecule has 10 heteroatoms. The fourth-order valence-electron chi connectivity index (χ4n) is 2.59. The molecule has 0 saturated carbocycles. The molecular formula is C17H19FN2O5S2. The van der Waals surface area contributed by atoms with Gasteiger partial charge in [-0.25, -0.2) is 25.9 Å². The van der Waals surface area contributed by atoms with Crippen LogP contribution in [0, 0.1) is 5.82 Å². The van der Waals surface area contributed by atoms with Crippen molar-refractivity contribution < 1.29 is 26.0 Å². The van der Waals surface area contributed by atoms with Gasteiger partial charge in [-0.05, 0) is 42.0 Å². The summed E-state index contributed by atoms with van der Waals surface area (Å²) in [6.45, 7) is 1.33. The predicted octanol–water partition coefficient (Wildman–Crippen LogP) is 1.33. The predicted molar refractivity (Wildman–Crippen MR) is 96.4 cm³/mol. The fraction of sp³-hybridized carbons (Fsp3) is 0.294. The van der Waals surface area contributed by atoms with E-state index >= 15 is 0 Å². The van der Waals surface area contributed by atoms with Gasteiger partial charge in [0.05, 0.1) is 23.0 Å². The molecule has 3 rings (SSSR count). The molecule has 27 heavy (non-hydrogen) atoms. The first kappa shape index (κ1) is 19.9. The monoisotopic (exact) mass is 414 g/mol. The first-order valence-corrected chi connectivity index (χ1v) is 11.1. The second kappa shape index (κ2) is 8.03. The van der Waals surface area contributed by atoms with Crippen LogP contribution >= 0.6 is 0 Å². The molecule has 0 aromatic heterocycles. The van der Waals surface area contributed by atoms with Crippen LogP contribution in [0.4, 0.5) is 4.39 Å². The molecule has 0 unspecified atom stereocenters. The number of halogens is 1. The lowest BCUT2D eigenvalue weighted by Gasteiger charge is -2.26. The van der Waals surface area contributed by atoms with Gasteiger partial charge < -0.3 is 4.74 Å². The van der Waals surface area contributed by atoms with Crippen LogP contribution in [0.5, 0.6) is 0 Å². The zero-order valence-electron chi connectivity index (χ0n) is 14.3. The molecule has 2 aromatic carbocycles. The van der Waals surface area contributed by atoms with Gasteiger partial charge in [-0.2, -0.15) is 4.31 Å². The first-order chi connectivity index (χ1) is 12.8. The van der Waals surface area contributed by atoms with Crippen molar-refractivity contribution in [2.75, 3.05) is 26.3 Å². The number of benzene rings is 2. The van der Waals surface area contributed by atoms with Crippen molar-refractivity contribution in [1.82, 2.24) is 9.03 Å². The number of nitrogens with one attached hydrogen (secondary N) is 1. The summed E-state index contributed by atoms with van der Waals surface area (Å²) in [7, 11) is -7.38. The molecule has 1 saturated heterocycles. The summed E-state index contributed by atoms with van der Waals surface area (Å²) < 4.78 is 71.4. The van der Waals surface area contributed by atoms with Gasteiger partial charge in [-0.3, -0.25) is 0 Å². The lowest BCUT2D eigenvalue weighted by molar-refractivity contribution is 0.0730. The molecule has 1 fully saturated rings. The van der Waals surface area contributed by atoms with Gasteiger partial charge in [0.1, 0.15) is 5.82 Å². The van der Waals surface area contributed by atoms with Gasteiger partial charge in [0, 0.05) is 19.6 Å². The van der Waals surface area contributed by atoms with E-state index in [1.165, 1.54) is 28.6 Å². The highest BCUT2D eigenvalue weighted by Crippen LogP contribution is 2.18. The number of ether oxygens (including phenoxy) is 1. The summed E-state index contributed by atoms with van der Waals surface area (Å²) in [6.07, 6.45) is 0. The maximum absolute atomic E-state index is 12.9. The Morgan fingerprint density at radius 3 is 2.04 bits per heavy atom. The van der Waals surface area contributed by atoms with Crippen molar-refractivity contribution >= 4 is 20.0 Å². The summed E-state index contributed by atoms with van der Waals surface area (Å²) in [5, 5.41) is 0. The first-order valence-electron chi connectivity index (χ1n) is 8.21. The highest BCUT2D eigenvalue weighted by atomic mass is 32.2. The van der Waals surface area contributed by atoms with Crippen LogP contribution < -0.4 is 4.72 Å². The molecule has 1 aliphatic rings. The van der Waals surface area contributed by atoms with Crippen LogP contribution in [0.1, 0.15) is 5.56 Å². The average molecular weight is 414 g/mol. The third-order valence-electron chi connectivity index (χ3n) is 4.12. The molecule has 0 bridgehead atoms. The second-order valence-corrected chi connectivity index (χ2v) is 9.64. The lowest BCUT2D eigenvalue weighted by atomic mass is 10.2. The number of hydrogen-bond acceptors (Lipinski definition) is 5. The lowest BCUT2D eigenvalue weighted by Crippen LogP contribution is -2.40. The number of sulfonamides is 2. The van der Waals surface area contributed by atoms with Crippen LogP contribution in [0.15, 0.2) is 58.3 Å². The van der Waals surface area contributed by atoms with Crippen LogP contribution in [0.2, 0.25) is 0 Å². The van der Waals surface area contributed by atoms with Crippen molar-refractivity contribution in [1.29, 1.82) is 0 Å². The number of rotatable bonds is 6. The summed E-state index contributed by atoms with van der Waals surface area (Å²) in [6, 6.07) is 10.5. The molecule has 1 heterocycles. The SMILES string of the molecule is O=S(=O)(NCc1ccc(S(=O)(=O)N2CCOCC2)cc1)c1ccc(F)cc1. The van der Waals surface area contributed by atoms with Crippen molar-refractivity contribution in [3.8, 4) is 0 Å². The summed E-state index contributed by atoms with van der Waals surface area (Å²) in [5.41, 5.74) is 0.599. The Morgan fingerprint density at radius 2 is 1.44 bits per heavy atom. The fourth-order valence-corrected chi connectivity index (χ4v) is 5.02. The van der Waals surface area contributed by atoms with E-state index in [1.54, 1.807) is 12.1 Å². The standard InChI is InChI=1S/C17H19FN2O5S2/c18-15-3-7-16(8-4-15)26(21,22)19-13-14-1-5-17(6-2-14)27(23,24)20-9-11-25-12-10-20/h1-8,19H,9-13H2. The maximum atomic E-state index is 12.9. The normalized spacial score (nSPS) is 16.3. The van der Waals surface area contributed by atoms with Crippen LogP contribution in [-0.4, -0.2) is 47.4 Å². The van der Waals surface area contributed by atoms with Crippen molar-refractivity contribution in [3.05, 3.63) is 59.9 Å². The molecular weight excluding hydrogens is 395 g/mol. The quantitative estimate of drug-likeness (QED) is 0.770. The molecule has 7 nitrogen and oxygen atoms in total. The van der Waals surface area contributed by atoms with Gasteiger partial charge in [0.25, 0.3) is 0 Å². The smallest absolute Gasteiger partial charge is 0.243 e. The molecule has 1 aliphatic heterocycles. The van der Waals surface area contributed by atoms with E-state index in [-0.39, 0.29) is 16.3 Å². The Labute approximate surface area is 157 Å². The van der Waals surface area contributed by atoms with Crippen LogP contribution in [0.25, 0.3) is 0 Å². The number of hydrogen-bond donors (Lipinski definition) is 1. The summed E-state index contributed by atoms with van der Waals surface area (Å²) in [5.74, 6) is -0.522. The van der Waals surface area contributed by atoms with Gasteiger partial charge >= 0.3 is 0 Å². The molecule has 0 spiro atoms. The van der Waals surface area contributed by atoms with Gasteiger partial charge in [-0.15, -0.1) is 0 Å². The minimum Gasteiger partial charge on any atom is -0.379 e. The third-order valence-corrected chi connectivity index (χ3v) is 7.45. The van der Waals surface area contributed by atoms with E-state index in [0.717, 1.165) is 12.1 Å². The molecule has 1 N–H and O–H groups in total. The van der Waals surface area contributed by atoms with E-state index in [4.69, 9.17) is 4.74 Å². The van der Waals surface area contributed by atoms with Gasteiger partial charge in [-0.1, -0.05) is 12.1 Å². The Balaban J connectivity index is 1.68. The summed E-state index contributed by atoms with van der Waals surface area (Å²) >= 11 is 0. The van der Waals surface area contributed by atoms with Gasteiger partial charge in [0.15, 0.2) is 0 Å². The van der Waals surface area contributed by atoms with E-state index in [0.29, 0.717) is 31.9 Å². The van der Waals surface area contributed by atoms with E-state index in [2.05, 4.69) is 4.72 Å². The van der Waals surface area contributed by atoms with E-state index in [9.17, 15) is 21.2 Å². The third kappa shape index (κ3) is 4.71. The molecule has 0 atom stereocenters. The largest absolute Gasteiger partial charge is 0.379 e. The zero-order valence-corrected chi connectivity index (χ0v) is 16.0. The average Bonchev–Trinajstić information content (AvgIpc) is 2.68. The number of nitrogens with zero attached hydrogens (tertiary/aromatic N) is 1. The Bertz CT molecular complexity index is 985. The van der Waals surface area contributed by atoms with Gasteiger partial charge in [0.2, 0.25) is 20.0 Å². The second-order valence-electron chi connectivity index (χ2n) is 5.94. The van der Waals surface area contributed by atoms with Crippen LogP contribution in [0.3, 0.4) is 0 Å². The molecule has 2 aromatic rings. The Morgan fingerprint density at radius 1 is 0.889 bits per heavy atom. The number of morpholine rings is 1. The summed E-state index contributed by atoms with van der Waals surface area (Å²) in [4.78, 5) is 0.102. The van der Waals surface area contributed by atoms with E-state index in [1.807, 2.05) is 0 Å². The van der Waals surface area contributed by atoms with Crippen molar-refractivity contribution in [3.63, 3.8) is 0 Å². The zero-order chi connectivity index (χ0) is 19.5. The Kier molecular flexibility index (Phi) is 5.92. The highest BCUT2D eigenvalue weighted by Gasteiger charge is 2.26. The van der Waals surface area contributed by atoms with Crippen LogP contribution in [-0.2, 0) is 31.3 Å².